The molecule has 0 atom stereocenters. The maximum absolute atomic E-state index is 4.13. The molecule has 16 heavy (non-hydrogen) atoms. The molecule has 1 N–H and O–H groups in total. The molecule has 0 aliphatic heterocycles. The largest absolute Gasteiger partial charge is 0.337 e. The van der Waals surface area contributed by atoms with E-state index in [1.165, 1.54) is 11.4 Å². The molecule has 0 aliphatic rings. The van der Waals surface area contributed by atoms with E-state index in [1.807, 2.05) is 48.1 Å². The molecule has 2 rings (SSSR count). The third kappa shape index (κ3) is 2.49. The smallest absolute Gasteiger partial charge is 0.0945 e. The van der Waals surface area contributed by atoms with Gasteiger partial charge in [0.25, 0.3) is 0 Å². The molecule has 0 amide bonds. The van der Waals surface area contributed by atoms with Crippen LogP contribution in [-0.4, -0.2) is 25.9 Å². The second kappa shape index (κ2) is 4.94. The Kier molecular flexibility index (Phi) is 3.36. The molecule has 0 aromatic carbocycles. The number of nitrogens with zero attached hydrogens (tertiary/aromatic N) is 4. The zero-order valence-corrected chi connectivity index (χ0v) is 9.72. The Balaban J connectivity index is 1.74. The average Bonchev–Trinajstić information content (AvgIpc) is 2.84. The molecule has 0 saturated heterocycles. The van der Waals surface area contributed by atoms with Crippen LogP contribution in [0.3, 0.4) is 0 Å². The molecule has 0 bridgehead atoms. The fourth-order valence-corrected chi connectivity index (χ4v) is 1.63. The number of nitrogens with one attached hydrogen (secondary N) is 1. The van der Waals surface area contributed by atoms with Gasteiger partial charge in [-0.15, -0.1) is 0 Å². The number of rotatable bonds is 5. The van der Waals surface area contributed by atoms with Crippen LogP contribution >= 0.6 is 0 Å². The lowest BCUT2D eigenvalue weighted by Gasteiger charge is -2.05. The van der Waals surface area contributed by atoms with Crippen molar-refractivity contribution in [3.8, 4) is 0 Å². The van der Waals surface area contributed by atoms with Crippen molar-refractivity contribution in [3.05, 3.63) is 36.2 Å². The number of aromatic nitrogens is 4. The molecule has 86 valence electrons. The van der Waals surface area contributed by atoms with E-state index in [9.17, 15) is 0 Å². The molecule has 0 radical (unpaired) electrons. The van der Waals surface area contributed by atoms with E-state index in [0.29, 0.717) is 0 Å². The summed E-state index contributed by atoms with van der Waals surface area (Å²) in [6, 6.07) is 2.05. The van der Waals surface area contributed by atoms with Gasteiger partial charge >= 0.3 is 0 Å². The van der Waals surface area contributed by atoms with Gasteiger partial charge in [0.15, 0.2) is 0 Å². The van der Waals surface area contributed by atoms with Crippen LogP contribution in [0.25, 0.3) is 0 Å². The molecule has 0 saturated carbocycles. The van der Waals surface area contributed by atoms with E-state index in [0.717, 1.165) is 19.5 Å². The predicted octanol–water partition coefficient (Wildman–Crippen LogP) is 0.486. The summed E-state index contributed by atoms with van der Waals surface area (Å²) in [5.74, 6) is 0. The van der Waals surface area contributed by atoms with Gasteiger partial charge in [0, 0.05) is 51.7 Å². The highest BCUT2D eigenvalue weighted by atomic mass is 15.3. The topological polar surface area (TPSA) is 47.7 Å². The summed E-state index contributed by atoms with van der Waals surface area (Å²) >= 11 is 0. The third-order valence-corrected chi connectivity index (χ3v) is 2.70. The first-order chi connectivity index (χ1) is 7.77. The standard InChI is InChI=1S/C11H17N5/c1-15-9-13-8-11(15)7-12-5-3-10-4-6-14-16(10)2/h4,6,8-9,12H,3,5,7H2,1-2H3. The first-order valence-corrected chi connectivity index (χ1v) is 5.40. The SMILES string of the molecule is Cn1cncc1CNCCc1ccnn1C. The number of hydrogen-bond acceptors (Lipinski definition) is 3. The monoisotopic (exact) mass is 219 g/mol. The second-order valence-corrected chi connectivity index (χ2v) is 3.87. The molecule has 2 aromatic heterocycles. The Morgan fingerprint density at radius 2 is 2.19 bits per heavy atom. The van der Waals surface area contributed by atoms with Crippen LogP contribution in [-0.2, 0) is 27.1 Å². The van der Waals surface area contributed by atoms with Crippen molar-refractivity contribution in [1.82, 2.24) is 24.6 Å². The summed E-state index contributed by atoms with van der Waals surface area (Å²) in [5, 5.41) is 7.53. The van der Waals surface area contributed by atoms with E-state index in [1.54, 1.807) is 0 Å². The lowest BCUT2D eigenvalue weighted by Crippen LogP contribution is -2.19. The van der Waals surface area contributed by atoms with E-state index < -0.39 is 0 Å². The Hall–Kier alpha value is -1.62. The zero-order valence-electron chi connectivity index (χ0n) is 9.72. The summed E-state index contributed by atoms with van der Waals surface area (Å²) in [7, 11) is 3.97. The van der Waals surface area contributed by atoms with Crippen molar-refractivity contribution in [1.29, 1.82) is 0 Å². The maximum atomic E-state index is 4.13. The van der Waals surface area contributed by atoms with E-state index >= 15 is 0 Å². The fraction of sp³-hybridized carbons (Fsp3) is 0.455. The van der Waals surface area contributed by atoms with Gasteiger partial charge in [-0.3, -0.25) is 4.68 Å². The second-order valence-electron chi connectivity index (χ2n) is 3.87. The molecule has 2 aromatic rings. The highest BCUT2D eigenvalue weighted by Crippen LogP contribution is 1.98. The fourth-order valence-electron chi connectivity index (χ4n) is 1.63. The maximum Gasteiger partial charge on any atom is 0.0945 e. The van der Waals surface area contributed by atoms with Gasteiger partial charge in [-0.2, -0.15) is 5.10 Å². The van der Waals surface area contributed by atoms with Crippen LogP contribution in [0.2, 0.25) is 0 Å². The molecular weight excluding hydrogens is 202 g/mol. The van der Waals surface area contributed by atoms with Crippen LogP contribution in [0.5, 0.6) is 0 Å². The minimum atomic E-state index is 0.856. The van der Waals surface area contributed by atoms with Gasteiger partial charge in [-0.05, 0) is 6.07 Å². The number of imidazole rings is 1. The highest BCUT2D eigenvalue weighted by molar-refractivity contribution is 5.01. The van der Waals surface area contributed by atoms with Crippen LogP contribution in [0, 0.1) is 0 Å². The van der Waals surface area contributed by atoms with Crippen molar-refractivity contribution in [2.45, 2.75) is 13.0 Å². The summed E-state index contributed by atoms with van der Waals surface area (Å²) in [5.41, 5.74) is 2.45. The first kappa shape index (κ1) is 10.9. The number of hydrogen-bond donors (Lipinski definition) is 1. The lowest BCUT2D eigenvalue weighted by molar-refractivity contribution is 0.625. The van der Waals surface area contributed by atoms with Crippen LogP contribution in [0.15, 0.2) is 24.8 Å². The Bertz CT molecular complexity index is 400. The van der Waals surface area contributed by atoms with Gasteiger partial charge in [0.2, 0.25) is 0 Å². The number of aryl methyl sites for hydroxylation is 2. The molecule has 0 spiro atoms. The quantitative estimate of drug-likeness (QED) is 0.744. The van der Waals surface area contributed by atoms with E-state index in [-0.39, 0.29) is 0 Å². The summed E-state index contributed by atoms with van der Waals surface area (Å²) < 4.78 is 3.93. The molecule has 0 unspecified atom stereocenters. The van der Waals surface area contributed by atoms with Gasteiger partial charge in [-0.1, -0.05) is 0 Å². The van der Waals surface area contributed by atoms with Gasteiger partial charge in [-0.25, -0.2) is 4.98 Å². The molecular formula is C11H17N5. The van der Waals surface area contributed by atoms with Crippen molar-refractivity contribution in [2.24, 2.45) is 14.1 Å². The average molecular weight is 219 g/mol. The molecule has 5 nitrogen and oxygen atoms in total. The van der Waals surface area contributed by atoms with Crippen LogP contribution in [0.1, 0.15) is 11.4 Å². The van der Waals surface area contributed by atoms with Crippen molar-refractivity contribution >= 4 is 0 Å². The molecule has 5 heteroatoms. The van der Waals surface area contributed by atoms with Gasteiger partial charge in [0.05, 0.1) is 12.0 Å². The highest BCUT2D eigenvalue weighted by Gasteiger charge is 1.99. The minimum Gasteiger partial charge on any atom is -0.337 e. The predicted molar refractivity (Wildman–Crippen MR) is 61.8 cm³/mol. The first-order valence-electron chi connectivity index (χ1n) is 5.40. The van der Waals surface area contributed by atoms with Gasteiger partial charge < -0.3 is 9.88 Å². The summed E-state index contributed by atoms with van der Waals surface area (Å²) in [6.45, 7) is 1.80. The normalized spacial score (nSPS) is 10.9. The Morgan fingerprint density at radius 3 is 2.81 bits per heavy atom. The van der Waals surface area contributed by atoms with Crippen LogP contribution in [0.4, 0.5) is 0 Å². The van der Waals surface area contributed by atoms with Crippen LogP contribution < -0.4 is 5.32 Å². The Morgan fingerprint density at radius 1 is 1.31 bits per heavy atom. The Labute approximate surface area is 95.1 Å². The van der Waals surface area contributed by atoms with Crippen molar-refractivity contribution < 1.29 is 0 Å². The molecule has 2 heterocycles. The third-order valence-electron chi connectivity index (χ3n) is 2.70. The molecule has 0 fully saturated rings. The summed E-state index contributed by atoms with van der Waals surface area (Å²) in [6.07, 6.45) is 6.53. The van der Waals surface area contributed by atoms with E-state index in [2.05, 4.69) is 15.4 Å². The molecule has 0 aliphatic carbocycles. The lowest BCUT2D eigenvalue weighted by atomic mass is 10.3. The summed E-state index contributed by atoms with van der Waals surface area (Å²) in [4.78, 5) is 4.07. The van der Waals surface area contributed by atoms with Crippen molar-refractivity contribution in [3.63, 3.8) is 0 Å². The van der Waals surface area contributed by atoms with Gasteiger partial charge in [0.1, 0.15) is 0 Å². The zero-order chi connectivity index (χ0) is 11.4. The van der Waals surface area contributed by atoms with E-state index in [4.69, 9.17) is 0 Å². The minimum absolute atomic E-state index is 0.856. The van der Waals surface area contributed by atoms with Crippen molar-refractivity contribution in [2.75, 3.05) is 6.54 Å².